The normalized spacial score (nSPS) is 11.5. The number of para-hydroxylation sites is 1. The van der Waals surface area contributed by atoms with Crippen molar-refractivity contribution in [1.29, 1.82) is 0 Å². The van der Waals surface area contributed by atoms with Crippen LogP contribution in [-0.2, 0) is 16.6 Å². The number of benzene rings is 4. The van der Waals surface area contributed by atoms with Gasteiger partial charge in [-0.25, -0.2) is 13.8 Å². The zero-order valence-corrected chi connectivity index (χ0v) is 22.5. The van der Waals surface area contributed by atoms with Crippen LogP contribution in [0, 0.1) is 10.1 Å². The lowest BCUT2D eigenvalue weighted by molar-refractivity contribution is -0.384. The minimum atomic E-state index is -4.12. The van der Waals surface area contributed by atoms with Gasteiger partial charge in [0.15, 0.2) is 0 Å². The Morgan fingerprint density at radius 2 is 1.62 bits per heavy atom. The maximum atomic E-state index is 13.9. The second-order valence-corrected chi connectivity index (χ2v) is 10.5. The van der Waals surface area contributed by atoms with Gasteiger partial charge < -0.3 is 4.74 Å². The summed E-state index contributed by atoms with van der Waals surface area (Å²) in [5, 5.41) is 15.2. The third kappa shape index (κ3) is 6.33. The van der Waals surface area contributed by atoms with Gasteiger partial charge in [-0.15, -0.1) is 0 Å². The van der Waals surface area contributed by atoms with Gasteiger partial charge in [-0.1, -0.05) is 54.6 Å². The molecule has 1 N–H and O–H groups in total. The molecule has 4 aromatic carbocycles. The third-order valence-electron chi connectivity index (χ3n) is 6.03. The number of methoxy groups -OCH3 is 1. The topological polar surface area (TPSA) is 131 Å². The van der Waals surface area contributed by atoms with E-state index in [4.69, 9.17) is 4.74 Å². The zero-order valence-electron chi connectivity index (χ0n) is 21.7. The number of hydrogen-bond acceptors (Lipinski definition) is 7. The van der Waals surface area contributed by atoms with Crippen LogP contribution in [0.25, 0.3) is 0 Å². The summed E-state index contributed by atoms with van der Waals surface area (Å²) in [6, 6.07) is 27.2. The van der Waals surface area contributed by atoms with Crippen molar-refractivity contribution in [2.24, 2.45) is 5.10 Å². The number of anilines is 1. The number of non-ortho nitro benzene ring substituents is 1. The van der Waals surface area contributed by atoms with Gasteiger partial charge in [0.1, 0.15) is 5.75 Å². The number of carbonyl (C=O) groups is 1. The minimum absolute atomic E-state index is 0.0268. The van der Waals surface area contributed by atoms with Crippen molar-refractivity contribution in [1.82, 2.24) is 5.43 Å². The average Bonchev–Trinajstić information content (AvgIpc) is 2.99. The molecular weight excluding hydrogens is 532 g/mol. The van der Waals surface area contributed by atoms with Gasteiger partial charge in [-0.2, -0.15) is 5.10 Å². The highest BCUT2D eigenvalue weighted by molar-refractivity contribution is 7.92. The highest BCUT2D eigenvalue weighted by Gasteiger charge is 2.28. The van der Waals surface area contributed by atoms with Crippen LogP contribution in [0.3, 0.4) is 0 Å². The van der Waals surface area contributed by atoms with Crippen LogP contribution in [0.4, 0.5) is 11.4 Å². The van der Waals surface area contributed by atoms with E-state index in [1.807, 2.05) is 6.07 Å². The molecule has 40 heavy (non-hydrogen) atoms. The number of nitrogens with zero attached hydrogens (tertiary/aromatic N) is 3. The molecule has 4 aromatic rings. The lowest BCUT2D eigenvalue weighted by atomic mass is 10.1. The van der Waals surface area contributed by atoms with Gasteiger partial charge in [0.05, 0.1) is 40.4 Å². The Bertz CT molecular complexity index is 1660. The van der Waals surface area contributed by atoms with Crippen LogP contribution in [-0.4, -0.2) is 32.1 Å². The molecule has 0 spiro atoms. The van der Waals surface area contributed by atoms with Crippen LogP contribution in [0.1, 0.15) is 28.4 Å². The molecular formula is C29H26N4O6S. The Kier molecular flexibility index (Phi) is 8.55. The van der Waals surface area contributed by atoms with E-state index in [1.54, 1.807) is 67.6 Å². The maximum absolute atomic E-state index is 13.9. The Hall–Kier alpha value is -5.03. The Morgan fingerprint density at radius 3 is 2.30 bits per heavy atom. The van der Waals surface area contributed by atoms with E-state index >= 15 is 0 Å². The summed E-state index contributed by atoms with van der Waals surface area (Å²) in [5.41, 5.74) is 4.08. The quantitative estimate of drug-likeness (QED) is 0.163. The highest BCUT2D eigenvalue weighted by Crippen LogP contribution is 2.30. The number of nitrogens with one attached hydrogen (secondary N) is 1. The van der Waals surface area contributed by atoms with E-state index in [0.717, 1.165) is 0 Å². The predicted octanol–water partition coefficient (Wildman–Crippen LogP) is 5.15. The molecule has 0 radical (unpaired) electrons. The van der Waals surface area contributed by atoms with E-state index in [1.165, 1.54) is 47.8 Å². The first kappa shape index (κ1) is 28.0. The summed E-state index contributed by atoms with van der Waals surface area (Å²) >= 11 is 0. The maximum Gasteiger partial charge on any atom is 0.273 e. The fourth-order valence-electron chi connectivity index (χ4n) is 3.91. The molecule has 0 bridgehead atoms. The van der Waals surface area contributed by atoms with Gasteiger partial charge in [0.25, 0.3) is 21.6 Å². The summed E-state index contributed by atoms with van der Waals surface area (Å²) in [5.74, 6) is -0.145. The number of rotatable bonds is 10. The lowest BCUT2D eigenvalue weighted by Gasteiger charge is -2.26. The molecule has 0 saturated heterocycles. The van der Waals surface area contributed by atoms with Gasteiger partial charge in [0, 0.05) is 17.7 Å². The number of nitro benzene ring substituents is 1. The molecule has 0 aliphatic rings. The smallest absolute Gasteiger partial charge is 0.273 e. The van der Waals surface area contributed by atoms with Gasteiger partial charge >= 0.3 is 0 Å². The van der Waals surface area contributed by atoms with E-state index in [9.17, 15) is 23.3 Å². The molecule has 0 aromatic heterocycles. The molecule has 11 heteroatoms. The third-order valence-corrected chi connectivity index (χ3v) is 7.81. The zero-order chi connectivity index (χ0) is 28.7. The molecule has 204 valence electrons. The first-order valence-electron chi connectivity index (χ1n) is 12.1. The lowest BCUT2D eigenvalue weighted by Crippen LogP contribution is -2.33. The van der Waals surface area contributed by atoms with Crippen molar-refractivity contribution in [3.63, 3.8) is 0 Å². The van der Waals surface area contributed by atoms with Crippen molar-refractivity contribution in [2.75, 3.05) is 11.4 Å². The van der Waals surface area contributed by atoms with Crippen LogP contribution >= 0.6 is 0 Å². The molecule has 0 aliphatic heterocycles. The number of hydrazone groups is 1. The summed E-state index contributed by atoms with van der Waals surface area (Å²) in [6.07, 6.45) is 0. The first-order valence-corrected chi connectivity index (χ1v) is 13.5. The Morgan fingerprint density at radius 1 is 0.950 bits per heavy atom. The summed E-state index contributed by atoms with van der Waals surface area (Å²) in [7, 11) is -2.63. The summed E-state index contributed by atoms with van der Waals surface area (Å²) in [4.78, 5) is 23.9. The standard InChI is InChI=1S/C29H26N4O6S/c1-21(23-11-8-12-24(19-23)33(35)36)30-31-29(34)27-13-6-7-14-28(27)32(20-22-9-4-3-5-10-22)40(37,38)26-17-15-25(39-2)16-18-26/h3-19H,20H2,1-2H3,(H,31,34)/b30-21+. The van der Waals surface area contributed by atoms with Crippen molar-refractivity contribution < 1.29 is 22.9 Å². The van der Waals surface area contributed by atoms with E-state index < -0.39 is 20.9 Å². The molecule has 10 nitrogen and oxygen atoms in total. The van der Waals surface area contributed by atoms with Crippen molar-refractivity contribution in [3.8, 4) is 5.75 Å². The molecule has 0 saturated carbocycles. The molecule has 4 rings (SSSR count). The predicted molar refractivity (Wildman–Crippen MR) is 152 cm³/mol. The van der Waals surface area contributed by atoms with E-state index in [2.05, 4.69) is 10.5 Å². The van der Waals surface area contributed by atoms with Crippen LogP contribution in [0.2, 0.25) is 0 Å². The average molecular weight is 559 g/mol. The SMILES string of the molecule is COc1ccc(S(=O)(=O)N(Cc2ccccc2)c2ccccc2C(=O)N/N=C(\C)c2cccc([N+](=O)[O-])c2)cc1. The van der Waals surface area contributed by atoms with Gasteiger partial charge in [-0.3, -0.25) is 19.2 Å². The second-order valence-electron chi connectivity index (χ2n) is 8.64. The molecule has 0 unspecified atom stereocenters. The first-order chi connectivity index (χ1) is 19.2. The van der Waals surface area contributed by atoms with Crippen molar-refractivity contribution >= 4 is 33.0 Å². The van der Waals surface area contributed by atoms with Crippen LogP contribution < -0.4 is 14.5 Å². The fraction of sp³-hybridized carbons (Fsp3) is 0.103. The Balaban J connectivity index is 1.71. The van der Waals surface area contributed by atoms with Gasteiger partial charge in [-0.05, 0) is 48.9 Å². The van der Waals surface area contributed by atoms with E-state index in [0.29, 0.717) is 22.6 Å². The number of sulfonamides is 1. The van der Waals surface area contributed by atoms with Crippen LogP contribution in [0.5, 0.6) is 5.75 Å². The number of nitro groups is 1. The van der Waals surface area contributed by atoms with E-state index in [-0.39, 0.29) is 28.4 Å². The molecule has 0 heterocycles. The largest absolute Gasteiger partial charge is 0.497 e. The molecule has 0 atom stereocenters. The Labute approximate surface area is 231 Å². The second kappa shape index (κ2) is 12.2. The fourth-order valence-corrected chi connectivity index (χ4v) is 5.38. The summed E-state index contributed by atoms with van der Waals surface area (Å²) in [6.45, 7) is 1.57. The number of amides is 1. The van der Waals surface area contributed by atoms with Crippen molar-refractivity contribution in [3.05, 3.63) is 130 Å². The number of ether oxygens (including phenoxy) is 1. The van der Waals surface area contributed by atoms with Crippen LogP contribution in [0.15, 0.2) is 113 Å². The number of carbonyl (C=O) groups excluding carboxylic acids is 1. The summed E-state index contributed by atoms with van der Waals surface area (Å²) < 4.78 is 34.2. The van der Waals surface area contributed by atoms with Crippen molar-refractivity contribution in [2.45, 2.75) is 18.4 Å². The number of hydrogen-bond donors (Lipinski definition) is 1. The molecule has 1 amide bonds. The van der Waals surface area contributed by atoms with Gasteiger partial charge in [0.2, 0.25) is 0 Å². The molecule has 0 aliphatic carbocycles. The molecule has 0 fully saturated rings. The monoisotopic (exact) mass is 558 g/mol. The minimum Gasteiger partial charge on any atom is -0.497 e. The highest BCUT2D eigenvalue weighted by atomic mass is 32.2.